The van der Waals surface area contributed by atoms with Crippen LogP contribution in [0.2, 0.25) is 5.02 Å². The molecule has 4 aromatic rings. The molecule has 0 bridgehead atoms. The quantitative estimate of drug-likeness (QED) is 0.0604. The first-order valence-corrected chi connectivity index (χ1v) is 16.1. The average Bonchev–Trinajstić information content (AvgIpc) is 3.60. The van der Waals surface area contributed by atoms with Crippen LogP contribution in [0.1, 0.15) is 53.1 Å². The third-order valence-electron chi connectivity index (χ3n) is 7.06. The minimum Gasteiger partial charge on any atom is -0.462 e. The predicted octanol–water partition coefficient (Wildman–Crippen LogP) is 7.34. The third kappa shape index (κ3) is 6.93. The number of halogens is 1. The number of aromatic nitrogens is 3. The molecular weight excluding hydrogens is 636 g/mol. The van der Waals surface area contributed by atoms with Crippen molar-refractivity contribution in [3.05, 3.63) is 84.7 Å². The number of aryl methyl sites for hydroxylation is 1. The van der Waals surface area contributed by atoms with E-state index in [1.807, 2.05) is 29.7 Å². The molecular formula is C31H27ClN6O5S2. The molecule has 0 saturated carbocycles. The number of carbonyl (C=O) groups is 2. The number of esters is 1. The van der Waals surface area contributed by atoms with Gasteiger partial charge in [0.25, 0.3) is 11.6 Å². The first-order valence-electron chi connectivity index (χ1n) is 14.1. The molecule has 45 heavy (non-hydrogen) atoms. The fourth-order valence-electron chi connectivity index (χ4n) is 4.99. The predicted molar refractivity (Wildman–Crippen MR) is 172 cm³/mol. The second-order valence-electron chi connectivity index (χ2n) is 9.90. The number of non-ortho nitro benzene ring substituents is 1. The molecule has 0 atom stereocenters. The van der Waals surface area contributed by atoms with Gasteiger partial charge in [0.2, 0.25) is 0 Å². The van der Waals surface area contributed by atoms with E-state index in [4.69, 9.17) is 16.3 Å². The molecule has 0 radical (unpaired) electrons. The maximum absolute atomic E-state index is 13.4. The molecule has 0 aliphatic heterocycles. The number of ether oxygens (including phenoxy) is 1. The van der Waals surface area contributed by atoms with Crippen molar-refractivity contribution < 1.29 is 19.2 Å². The molecule has 14 heteroatoms. The minimum absolute atomic E-state index is 0.180. The van der Waals surface area contributed by atoms with E-state index in [9.17, 15) is 25.0 Å². The van der Waals surface area contributed by atoms with Gasteiger partial charge in [-0.05, 0) is 86.7 Å². The van der Waals surface area contributed by atoms with E-state index in [1.165, 1.54) is 41.3 Å². The summed E-state index contributed by atoms with van der Waals surface area (Å²) in [5.74, 6) is -0.678. The van der Waals surface area contributed by atoms with Crippen molar-refractivity contribution in [2.45, 2.75) is 56.1 Å². The van der Waals surface area contributed by atoms with Crippen LogP contribution in [0, 0.1) is 21.4 Å². The Bertz CT molecular complexity index is 1880. The Morgan fingerprint density at radius 2 is 2.02 bits per heavy atom. The highest BCUT2D eigenvalue weighted by Gasteiger charge is 2.28. The van der Waals surface area contributed by atoms with Crippen molar-refractivity contribution in [1.29, 1.82) is 5.26 Å². The van der Waals surface area contributed by atoms with Crippen LogP contribution in [0.25, 0.3) is 17.5 Å². The lowest BCUT2D eigenvalue weighted by Gasteiger charge is -2.12. The van der Waals surface area contributed by atoms with Crippen LogP contribution in [-0.4, -0.2) is 38.2 Å². The fraction of sp³-hybridized carbons (Fsp3) is 0.258. The molecule has 1 amide bonds. The van der Waals surface area contributed by atoms with Crippen LogP contribution in [-0.2, 0) is 28.9 Å². The summed E-state index contributed by atoms with van der Waals surface area (Å²) in [4.78, 5) is 38.9. The van der Waals surface area contributed by atoms with Crippen molar-refractivity contribution in [2.24, 2.45) is 0 Å². The minimum atomic E-state index is -0.746. The number of benzene rings is 2. The number of rotatable bonds is 10. The Morgan fingerprint density at radius 1 is 1.22 bits per heavy atom. The highest BCUT2D eigenvalue weighted by Crippen LogP contribution is 2.39. The number of nitrogens with one attached hydrogen (secondary N) is 1. The Morgan fingerprint density at radius 3 is 2.73 bits per heavy atom. The summed E-state index contributed by atoms with van der Waals surface area (Å²) in [5.41, 5.74) is 1.73. The lowest BCUT2D eigenvalue weighted by molar-refractivity contribution is -0.384. The summed E-state index contributed by atoms with van der Waals surface area (Å²) in [5, 5.41) is 34.5. The number of hydrogen-bond acceptors (Lipinski definition) is 10. The Kier molecular flexibility index (Phi) is 9.97. The molecule has 0 unspecified atom stereocenters. The summed E-state index contributed by atoms with van der Waals surface area (Å²) in [6.07, 6.45) is 4.69. The van der Waals surface area contributed by atoms with Crippen molar-refractivity contribution in [3.63, 3.8) is 0 Å². The molecule has 0 fully saturated rings. The van der Waals surface area contributed by atoms with Crippen LogP contribution in [0.15, 0.2) is 58.1 Å². The lowest BCUT2D eigenvalue weighted by Crippen LogP contribution is -2.16. The van der Waals surface area contributed by atoms with Crippen molar-refractivity contribution >= 4 is 63.3 Å². The monoisotopic (exact) mass is 662 g/mol. The summed E-state index contributed by atoms with van der Waals surface area (Å²) in [6.45, 7) is 4.35. The maximum Gasteiger partial charge on any atom is 0.341 e. The van der Waals surface area contributed by atoms with Crippen molar-refractivity contribution in [2.75, 3.05) is 11.9 Å². The number of thiophene rings is 1. The highest BCUT2D eigenvalue weighted by molar-refractivity contribution is 7.99. The zero-order valence-electron chi connectivity index (χ0n) is 24.3. The Hall–Kier alpha value is -4.51. The number of carbonyl (C=O) groups excluding carboxylic acids is 2. The fourth-order valence-corrected chi connectivity index (χ4v) is 7.43. The number of fused-ring (bicyclic) bond motifs is 1. The second kappa shape index (κ2) is 14.1. The van der Waals surface area contributed by atoms with Gasteiger partial charge >= 0.3 is 5.97 Å². The molecule has 1 N–H and O–H groups in total. The van der Waals surface area contributed by atoms with Gasteiger partial charge in [0.15, 0.2) is 11.0 Å². The van der Waals surface area contributed by atoms with Gasteiger partial charge in [-0.25, -0.2) is 4.79 Å². The van der Waals surface area contributed by atoms with Gasteiger partial charge in [-0.3, -0.25) is 14.9 Å². The van der Waals surface area contributed by atoms with Gasteiger partial charge in [-0.15, -0.1) is 21.5 Å². The van der Waals surface area contributed by atoms with Crippen LogP contribution >= 0.6 is 34.7 Å². The van der Waals surface area contributed by atoms with Gasteiger partial charge in [0.05, 0.1) is 17.1 Å². The molecule has 0 spiro atoms. The van der Waals surface area contributed by atoms with Crippen molar-refractivity contribution in [3.8, 4) is 17.5 Å². The Balaban J connectivity index is 1.50. The Labute approximate surface area is 272 Å². The number of nitro benzene ring substituents is 1. The third-order valence-corrected chi connectivity index (χ3v) is 9.58. The smallest absolute Gasteiger partial charge is 0.341 e. The lowest BCUT2D eigenvalue weighted by atomic mass is 9.95. The van der Waals surface area contributed by atoms with Gasteiger partial charge < -0.3 is 14.6 Å². The highest BCUT2D eigenvalue weighted by atomic mass is 35.5. The number of nitriles is 1. The maximum atomic E-state index is 13.4. The van der Waals surface area contributed by atoms with E-state index in [0.29, 0.717) is 44.4 Å². The van der Waals surface area contributed by atoms with Gasteiger partial charge in [0.1, 0.15) is 16.6 Å². The molecule has 1 aliphatic carbocycles. The number of nitrogens with zero attached hydrogens (tertiary/aromatic N) is 5. The summed E-state index contributed by atoms with van der Waals surface area (Å²) < 4.78 is 7.14. The molecule has 1 aliphatic rings. The summed E-state index contributed by atoms with van der Waals surface area (Å²) in [6, 6.07) is 13.3. The van der Waals surface area contributed by atoms with Crippen LogP contribution in [0.4, 0.5) is 10.7 Å². The van der Waals surface area contributed by atoms with Crippen molar-refractivity contribution in [1.82, 2.24) is 14.8 Å². The first-order chi connectivity index (χ1) is 21.7. The van der Waals surface area contributed by atoms with Gasteiger partial charge in [0, 0.05) is 39.0 Å². The molecule has 2 aromatic carbocycles. The van der Waals surface area contributed by atoms with Gasteiger partial charge in [-0.2, -0.15) is 5.26 Å². The van der Waals surface area contributed by atoms with Crippen LogP contribution in [0.5, 0.6) is 0 Å². The topological polar surface area (TPSA) is 153 Å². The summed E-state index contributed by atoms with van der Waals surface area (Å²) in [7, 11) is 0. The molecule has 5 rings (SSSR count). The van der Waals surface area contributed by atoms with Crippen LogP contribution in [0.3, 0.4) is 0 Å². The largest absolute Gasteiger partial charge is 0.462 e. The standard InChI is InChI=1S/C31H27ClN6O5S2/c1-3-37-27(18-8-7-9-21(32)15-18)35-36-31(37)45-24-13-12-22(38(41)42)16-19(24)14-20(17-33)28(39)34-29-26(30(40)43-4-2)23-10-5-6-11-25(23)44-29/h7-9,12-16H,3-6,10-11H2,1-2H3,(H,34,39)/b20-14-. The average molecular weight is 663 g/mol. The van der Waals surface area contributed by atoms with Gasteiger partial charge in [-0.1, -0.05) is 23.7 Å². The number of amides is 1. The number of hydrogen-bond donors (Lipinski definition) is 1. The number of anilines is 1. The first kappa shape index (κ1) is 31.9. The normalized spacial score (nSPS) is 12.7. The summed E-state index contributed by atoms with van der Waals surface area (Å²) >= 11 is 8.68. The molecule has 0 saturated heterocycles. The molecule has 230 valence electrons. The van der Waals surface area contributed by atoms with E-state index >= 15 is 0 Å². The molecule has 2 heterocycles. The SMILES string of the molecule is CCOC(=O)c1c(NC(=O)/C(C#N)=C\c2cc([N+](=O)[O-])ccc2Sc2nnc(-c3cccc(Cl)c3)n2CC)sc2c1CCCC2. The second-order valence-corrected chi connectivity index (χ2v) is 12.5. The molecule has 11 nitrogen and oxygen atoms in total. The zero-order valence-corrected chi connectivity index (χ0v) is 26.7. The molecule has 2 aromatic heterocycles. The van der Waals surface area contributed by atoms with E-state index in [2.05, 4.69) is 15.5 Å². The van der Waals surface area contributed by atoms with E-state index in [-0.39, 0.29) is 23.4 Å². The zero-order chi connectivity index (χ0) is 32.1. The van der Waals surface area contributed by atoms with E-state index in [0.717, 1.165) is 35.3 Å². The number of nitro groups is 1. The van der Waals surface area contributed by atoms with E-state index in [1.54, 1.807) is 25.1 Å². The van der Waals surface area contributed by atoms with E-state index < -0.39 is 16.8 Å². The van der Waals surface area contributed by atoms with Crippen LogP contribution < -0.4 is 5.32 Å².